The highest BCUT2D eigenvalue weighted by atomic mass is 15.3. The fourth-order valence-corrected chi connectivity index (χ4v) is 3.86. The van der Waals surface area contributed by atoms with E-state index >= 15 is 0 Å². The van der Waals surface area contributed by atoms with E-state index in [-0.39, 0.29) is 0 Å². The Morgan fingerprint density at radius 3 is 1.61 bits per heavy atom. The van der Waals surface area contributed by atoms with Crippen molar-refractivity contribution in [3.05, 3.63) is 37.2 Å². The molecular formula is C21H31N7. The van der Waals surface area contributed by atoms with Crippen LogP contribution in [0.15, 0.2) is 31.6 Å². The van der Waals surface area contributed by atoms with Crippen LogP contribution < -0.4 is 9.80 Å². The topological polar surface area (TPSA) is 62.5 Å². The van der Waals surface area contributed by atoms with Gasteiger partial charge in [0.25, 0.3) is 0 Å². The van der Waals surface area contributed by atoms with Crippen molar-refractivity contribution >= 4 is 11.6 Å². The molecule has 3 heterocycles. The van der Waals surface area contributed by atoms with Crippen LogP contribution in [-0.2, 0) is 0 Å². The van der Waals surface area contributed by atoms with Crippen molar-refractivity contribution in [1.82, 2.24) is 19.8 Å². The molecule has 0 bridgehead atoms. The van der Waals surface area contributed by atoms with Crippen LogP contribution in [0.25, 0.3) is 0 Å². The Bertz CT molecular complexity index is 645. The van der Waals surface area contributed by atoms with Gasteiger partial charge in [-0.2, -0.15) is 5.26 Å². The average molecular weight is 382 g/mol. The van der Waals surface area contributed by atoms with Gasteiger partial charge in [-0.1, -0.05) is 12.2 Å². The minimum Gasteiger partial charge on any atom is -0.353 e. The van der Waals surface area contributed by atoms with Crippen molar-refractivity contribution < 1.29 is 0 Å². The molecule has 2 aliphatic rings. The van der Waals surface area contributed by atoms with Crippen LogP contribution in [0.4, 0.5) is 11.6 Å². The van der Waals surface area contributed by atoms with Gasteiger partial charge in [0.15, 0.2) is 11.6 Å². The molecule has 2 aliphatic heterocycles. The standard InChI is InChI=1S/C21H31N7/c1-3-5-7-25-9-13-27(14-10-25)20-19(17-22)21(24-18-23-20)28-15-11-26(12-16-28)8-6-4-2/h3-4,18H,1-2,5-16H2. The molecule has 0 aliphatic carbocycles. The molecule has 1 aromatic heterocycles. The predicted octanol–water partition coefficient (Wildman–Crippen LogP) is 1.74. The Labute approximate surface area is 168 Å². The van der Waals surface area contributed by atoms with E-state index in [4.69, 9.17) is 0 Å². The number of anilines is 2. The molecule has 1 aromatic rings. The predicted molar refractivity (Wildman–Crippen MR) is 114 cm³/mol. The summed E-state index contributed by atoms with van der Waals surface area (Å²) in [5, 5.41) is 9.87. The summed E-state index contributed by atoms with van der Waals surface area (Å²) >= 11 is 0. The lowest BCUT2D eigenvalue weighted by atomic mass is 10.2. The number of nitriles is 1. The first-order valence-electron chi connectivity index (χ1n) is 10.2. The summed E-state index contributed by atoms with van der Waals surface area (Å²) in [6.07, 6.45) is 7.57. The first-order chi connectivity index (χ1) is 13.8. The zero-order valence-electron chi connectivity index (χ0n) is 16.8. The first-order valence-corrected chi connectivity index (χ1v) is 10.2. The molecule has 150 valence electrons. The Morgan fingerprint density at radius 2 is 1.25 bits per heavy atom. The van der Waals surface area contributed by atoms with Crippen LogP contribution in [-0.4, -0.2) is 85.2 Å². The SMILES string of the molecule is C=CCCN1CCN(c2ncnc(N3CCN(CCC=C)CC3)c2C#N)CC1. The quantitative estimate of drug-likeness (QED) is 0.636. The zero-order chi connectivity index (χ0) is 19.8. The molecule has 2 saturated heterocycles. The van der Waals surface area contributed by atoms with Gasteiger partial charge in [-0.15, -0.1) is 13.2 Å². The van der Waals surface area contributed by atoms with Crippen molar-refractivity contribution in [3.8, 4) is 6.07 Å². The van der Waals surface area contributed by atoms with Gasteiger partial charge >= 0.3 is 0 Å². The zero-order valence-corrected chi connectivity index (χ0v) is 16.8. The summed E-state index contributed by atoms with van der Waals surface area (Å²) < 4.78 is 0. The third-order valence-corrected chi connectivity index (χ3v) is 5.56. The van der Waals surface area contributed by atoms with Gasteiger partial charge in [-0.3, -0.25) is 9.80 Å². The fourth-order valence-electron chi connectivity index (χ4n) is 3.86. The van der Waals surface area contributed by atoms with Crippen LogP contribution in [0.3, 0.4) is 0 Å². The van der Waals surface area contributed by atoms with E-state index in [0.717, 1.165) is 89.9 Å². The Hall–Kier alpha value is -2.43. The summed E-state index contributed by atoms with van der Waals surface area (Å²) in [6.45, 7) is 17.2. The lowest BCUT2D eigenvalue weighted by Gasteiger charge is -2.37. The Morgan fingerprint density at radius 1 is 0.821 bits per heavy atom. The van der Waals surface area contributed by atoms with Crippen molar-refractivity contribution in [3.63, 3.8) is 0 Å². The van der Waals surface area contributed by atoms with E-state index in [9.17, 15) is 5.26 Å². The maximum absolute atomic E-state index is 9.87. The van der Waals surface area contributed by atoms with Gasteiger partial charge < -0.3 is 9.80 Å². The molecule has 3 rings (SSSR count). The lowest BCUT2D eigenvalue weighted by Crippen LogP contribution is -2.48. The third-order valence-electron chi connectivity index (χ3n) is 5.56. The van der Waals surface area contributed by atoms with E-state index in [0.29, 0.717) is 5.56 Å². The third kappa shape index (κ3) is 4.89. The summed E-state index contributed by atoms with van der Waals surface area (Å²) in [6, 6.07) is 2.39. The molecule has 0 amide bonds. The number of rotatable bonds is 8. The van der Waals surface area contributed by atoms with Gasteiger partial charge in [0.05, 0.1) is 0 Å². The largest absolute Gasteiger partial charge is 0.353 e. The number of hydrogen-bond acceptors (Lipinski definition) is 7. The van der Waals surface area contributed by atoms with Crippen molar-refractivity contribution in [1.29, 1.82) is 5.26 Å². The normalized spacial score (nSPS) is 18.7. The van der Waals surface area contributed by atoms with Crippen LogP contribution in [0, 0.1) is 11.3 Å². The average Bonchev–Trinajstić information content (AvgIpc) is 2.76. The van der Waals surface area contributed by atoms with E-state index < -0.39 is 0 Å². The van der Waals surface area contributed by atoms with Crippen molar-refractivity contribution in [2.75, 3.05) is 75.2 Å². The molecule has 2 fully saturated rings. The van der Waals surface area contributed by atoms with Gasteiger partial charge in [-0.25, -0.2) is 9.97 Å². The second-order valence-electron chi connectivity index (χ2n) is 7.32. The summed E-state index contributed by atoms with van der Waals surface area (Å²) in [5.41, 5.74) is 0.613. The number of piperazine rings is 2. The molecule has 0 N–H and O–H groups in total. The first kappa shape index (κ1) is 20.3. The summed E-state index contributed by atoms with van der Waals surface area (Å²) in [7, 11) is 0. The smallest absolute Gasteiger partial charge is 0.152 e. The van der Waals surface area contributed by atoms with E-state index in [1.807, 2.05) is 12.2 Å². The highest BCUT2D eigenvalue weighted by molar-refractivity contribution is 5.66. The van der Waals surface area contributed by atoms with Crippen LogP contribution >= 0.6 is 0 Å². The molecular weight excluding hydrogens is 350 g/mol. The van der Waals surface area contributed by atoms with Crippen molar-refractivity contribution in [2.45, 2.75) is 12.8 Å². The number of nitrogens with zero attached hydrogens (tertiary/aromatic N) is 7. The molecule has 0 spiro atoms. The molecule has 0 radical (unpaired) electrons. The molecule has 7 nitrogen and oxygen atoms in total. The van der Waals surface area contributed by atoms with E-state index in [1.54, 1.807) is 6.33 Å². The summed E-state index contributed by atoms with van der Waals surface area (Å²) in [4.78, 5) is 18.3. The molecule has 0 unspecified atom stereocenters. The fraction of sp³-hybridized carbons (Fsp3) is 0.571. The maximum atomic E-state index is 9.87. The highest BCUT2D eigenvalue weighted by Gasteiger charge is 2.26. The minimum atomic E-state index is 0.613. The molecule has 0 atom stereocenters. The molecule has 0 saturated carbocycles. The monoisotopic (exact) mass is 381 g/mol. The van der Waals surface area contributed by atoms with Crippen molar-refractivity contribution in [2.24, 2.45) is 0 Å². The minimum absolute atomic E-state index is 0.613. The van der Waals surface area contributed by atoms with Crippen LogP contribution in [0.5, 0.6) is 0 Å². The van der Waals surface area contributed by atoms with Gasteiger partial charge in [0, 0.05) is 65.4 Å². The van der Waals surface area contributed by atoms with Gasteiger partial charge in [0.1, 0.15) is 18.0 Å². The Kier molecular flexibility index (Phi) is 7.40. The Balaban J connectivity index is 1.66. The van der Waals surface area contributed by atoms with E-state index in [1.165, 1.54) is 0 Å². The molecule has 7 heteroatoms. The molecule has 0 aromatic carbocycles. The van der Waals surface area contributed by atoms with E-state index in [2.05, 4.69) is 48.8 Å². The van der Waals surface area contributed by atoms with Gasteiger partial charge in [-0.05, 0) is 12.8 Å². The van der Waals surface area contributed by atoms with Crippen LogP contribution in [0.1, 0.15) is 18.4 Å². The maximum Gasteiger partial charge on any atom is 0.152 e. The number of aromatic nitrogens is 2. The highest BCUT2D eigenvalue weighted by Crippen LogP contribution is 2.27. The summed E-state index contributed by atoms with van der Waals surface area (Å²) in [5.74, 6) is 1.56. The molecule has 28 heavy (non-hydrogen) atoms. The number of hydrogen-bond donors (Lipinski definition) is 0. The van der Waals surface area contributed by atoms with Gasteiger partial charge in [0.2, 0.25) is 0 Å². The second-order valence-corrected chi connectivity index (χ2v) is 7.32. The lowest BCUT2D eigenvalue weighted by molar-refractivity contribution is 0.261. The second kappa shape index (κ2) is 10.2. The van der Waals surface area contributed by atoms with Crippen LogP contribution in [0.2, 0.25) is 0 Å².